The lowest BCUT2D eigenvalue weighted by atomic mass is 10.1. The van der Waals surface area contributed by atoms with Crippen molar-refractivity contribution >= 4 is 16.7 Å². The number of ether oxygens (including phenoxy) is 2. The van der Waals surface area contributed by atoms with Crippen LogP contribution in [0.4, 0.5) is 5.69 Å². The van der Waals surface area contributed by atoms with Crippen molar-refractivity contribution in [1.82, 2.24) is 0 Å². The lowest BCUT2D eigenvalue weighted by Gasteiger charge is -2.10. The number of methoxy groups -OCH3 is 2. The Balaban J connectivity index is 1.87. The molecule has 29 heavy (non-hydrogen) atoms. The van der Waals surface area contributed by atoms with Crippen LogP contribution >= 0.6 is 0 Å². The zero-order valence-electron chi connectivity index (χ0n) is 16.6. The molecule has 1 heterocycles. The van der Waals surface area contributed by atoms with E-state index in [4.69, 9.17) is 13.9 Å². The third kappa shape index (κ3) is 3.94. The van der Waals surface area contributed by atoms with Crippen molar-refractivity contribution in [3.8, 4) is 22.8 Å². The SMILES string of the molecule is COc1ccc(-c2c/c(=N/Nc3ccccc3)c3ccc(C)cc3o2)cc1OC. The molecule has 0 fully saturated rings. The van der Waals surface area contributed by atoms with Gasteiger partial charge in [-0.2, -0.15) is 5.10 Å². The van der Waals surface area contributed by atoms with E-state index in [1.165, 1.54) is 0 Å². The molecule has 4 rings (SSSR count). The van der Waals surface area contributed by atoms with Crippen LogP contribution < -0.4 is 20.3 Å². The number of nitrogens with zero attached hydrogens (tertiary/aromatic N) is 1. The summed E-state index contributed by atoms with van der Waals surface area (Å²) in [5.41, 5.74) is 6.81. The highest BCUT2D eigenvalue weighted by molar-refractivity contribution is 5.79. The largest absolute Gasteiger partial charge is 0.493 e. The van der Waals surface area contributed by atoms with Gasteiger partial charge in [0.2, 0.25) is 0 Å². The fraction of sp³-hybridized carbons (Fsp3) is 0.125. The van der Waals surface area contributed by atoms with Gasteiger partial charge < -0.3 is 13.9 Å². The number of para-hydroxylation sites is 1. The number of benzene rings is 3. The summed E-state index contributed by atoms with van der Waals surface area (Å²) in [6.07, 6.45) is 0. The summed E-state index contributed by atoms with van der Waals surface area (Å²) in [5.74, 6) is 2.01. The highest BCUT2D eigenvalue weighted by Gasteiger charge is 2.10. The van der Waals surface area contributed by atoms with Crippen molar-refractivity contribution in [1.29, 1.82) is 0 Å². The normalized spacial score (nSPS) is 11.5. The van der Waals surface area contributed by atoms with Crippen molar-refractivity contribution < 1.29 is 13.9 Å². The Morgan fingerprint density at radius 3 is 2.38 bits per heavy atom. The Bertz CT molecular complexity index is 1210. The van der Waals surface area contributed by atoms with Gasteiger partial charge >= 0.3 is 0 Å². The number of fused-ring (bicyclic) bond motifs is 1. The first-order chi connectivity index (χ1) is 14.2. The zero-order valence-corrected chi connectivity index (χ0v) is 16.6. The summed E-state index contributed by atoms with van der Waals surface area (Å²) in [7, 11) is 3.24. The van der Waals surface area contributed by atoms with Gasteiger partial charge in [0.1, 0.15) is 11.3 Å². The molecular formula is C24H22N2O3. The molecule has 1 aromatic heterocycles. The second kappa shape index (κ2) is 8.10. The van der Waals surface area contributed by atoms with E-state index < -0.39 is 0 Å². The van der Waals surface area contributed by atoms with Gasteiger partial charge in [0.25, 0.3) is 0 Å². The molecule has 0 saturated heterocycles. The molecule has 0 aliphatic heterocycles. The second-order valence-electron chi connectivity index (χ2n) is 6.65. The van der Waals surface area contributed by atoms with Crippen LogP contribution in [0, 0.1) is 6.92 Å². The predicted molar refractivity (Wildman–Crippen MR) is 115 cm³/mol. The minimum Gasteiger partial charge on any atom is -0.493 e. The minimum absolute atomic E-state index is 0.644. The molecule has 0 spiro atoms. The van der Waals surface area contributed by atoms with Crippen LogP contribution in [-0.2, 0) is 0 Å². The van der Waals surface area contributed by atoms with Crippen molar-refractivity contribution in [2.45, 2.75) is 6.92 Å². The number of hydrogen-bond acceptors (Lipinski definition) is 5. The molecule has 0 amide bonds. The molecule has 1 N–H and O–H groups in total. The van der Waals surface area contributed by atoms with Crippen molar-refractivity contribution in [3.63, 3.8) is 0 Å². The molecule has 0 aliphatic rings. The minimum atomic E-state index is 0.644. The first-order valence-corrected chi connectivity index (χ1v) is 9.29. The lowest BCUT2D eigenvalue weighted by molar-refractivity contribution is 0.355. The Hall–Kier alpha value is -3.73. The average molecular weight is 386 g/mol. The number of anilines is 1. The van der Waals surface area contributed by atoms with Crippen LogP contribution in [0.1, 0.15) is 5.56 Å². The Kier molecular flexibility index (Phi) is 5.20. The Morgan fingerprint density at radius 2 is 1.62 bits per heavy atom. The molecule has 5 nitrogen and oxygen atoms in total. The summed E-state index contributed by atoms with van der Waals surface area (Å²) in [6, 6.07) is 23.6. The first-order valence-electron chi connectivity index (χ1n) is 9.29. The van der Waals surface area contributed by atoms with Crippen molar-refractivity contribution in [3.05, 3.63) is 83.7 Å². The van der Waals surface area contributed by atoms with Gasteiger partial charge in [-0.15, -0.1) is 0 Å². The third-order valence-corrected chi connectivity index (χ3v) is 4.65. The summed E-state index contributed by atoms with van der Waals surface area (Å²) >= 11 is 0. The van der Waals surface area contributed by atoms with Crippen LogP contribution in [0.15, 0.2) is 82.3 Å². The maximum absolute atomic E-state index is 6.21. The Labute approximate surface area is 169 Å². The molecule has 5 heteroatoms. The summed E-state index contributed by atoms with van der Waals surface area (Å²) in [4.78, 5) is 0. The number of rotatable bonds is 5. The summed E-state index contributed by atoms with van der Waals surface area (Å²) in [5, 5.41) is 6.36. The van der Waals surface area contributed by atoms with Gasteiger partial charge in [0.15, 0.2) is 11.5 Å². The molecule has 0 bridgehead atoms. The van der Waals surface area contributed by atoms with E-state index in [1.807, 2.05) is 73.7 Å². The molecule has 4 aromatic rings. The highest BCUT2D eigenvalue weighted by atomic mass is 16.5. The second-order valence-corrected chi connectivity index (χ2v) is 6.65. The summed E-state index contributed by atoms with van der Waals surface area (Å²) in [6.45, 7) is 2.04. The predicted octanol–water partition coefficient (Wildman–Crippen LogP) is 5.35. The summed E-state index contributed by atoms with van der Waals surface area (Å²) < 4.78 is 17.0. The highest BCUT2D eigenvalue weighted by Crippen LogP contribution is 2.32. The monoisotopic (exact) mass is 386 g/mol. The molecule has 0 saturated carbocycles. The van der Waals surface area contributed by atoms with E-state index in [2.05, 4.69) is 16.6 Å². The van der Waals surface area contributed by atoms with Crippen LogP contribution in [0.5, 0.6) is 11.5 Å². The van der Waals surface area contributed by atoms with Gasteiger partial charge in [0, 0.05) is 17.0 Å². The van der Waals surface area contributed by atoms with Gasteiger partial charge in [-0.1, -0.05) is 24.3 Å². The molecule has 0 atom stereocenters. The van der Waals surface area contributed by atoms with Crippen molar-refractivity contribution in [2.24, 2.45) is 5.10 Å². The van der Waals surface area contributed by atoms with Crippen LogP contribution in [0.25, 0.3) is 22.3 Å². The molecule has 3 aromatic carbocycles. The van der Waals surface area contributed by atoms with Crippen molar-refractivity contribution in [2.75, 3.05) is 19.6 Å². The third-order valence-electron chi connectivity index (χ3n) is 4.65. The fourth-order valence-corrected chi connectivity index (χ4v) is 3.14. The molecule has 0 unspecified atom stereocenters. The number of hydrogen-bond donors (Lipinski definition) is 1. The van der Waals surface area contributed by atoms with Crippen LogP contribution in [-0.4, -0.2) is 14.2 Å². The molecule has 0 aliphatic carbocycles. The van der Waals surface area contributed by atoms with Gasteiger partial charge in [-0.05, 0) is 55.0 Å². The maximum atomic E-state index is 6.21. The maximum Gasteiger partial charge on any atom is 0.161 e. The zero-order chi connectivity index (χ0) is 20.2. The molecular weight excluding hydrogens is 364 g/mol. The quantitative estimate of drug-likeness (QED) is 0.470. The van der Waals surface area contributed by atoms with E-state index in [9.17, 15) is 0 Å². The van der Waals surface area contributed by atoms with E-state index in [1.54, 1.807) is 14.2 Å². The molecule has 146 valence electrons. The topological polar surface area (TPSA) is 56.0 Å². The lowest BCUT2D eigenvalue weighted by Crippen LogP contribution is -2.07. The smallest absolute Gasteiger partial charge is 0.161 e. The first kappa shape index (κ1) is 18.6. The van der Waals surface area contributed by atoms with E-state index in [0.717, 1.165) is 33.1 Å². The van der Waals surface area contributed by atoms with E-state index >= 15 is 0 Å². The standard InChI is InChI=1S/C24H22N2O3/c1-16-9-11-19-20(26-25-18-7-5-4-6-8-18)15-22(29-23(19)13-16)17-10-12-21(27-2)24(14-17)28-3/h4-15,25H,1-3H3/b26-20-. The fourth-order valence-electron chi connectivity index (χ4n) is 3.14. The van der Waals surface area contributed by atoms with Crippen LogP contribution in [0.2, 0.25) is 0 Å². The number of aryl methyl sites for hydroxylation is 1. The van der Waals surface area contributed by atoms with Gasteiger partial charge in [0.05, 0.1) is 25.3 Å². The van der Waals surface area contributed by atoms with Gasteiger partial charge in [-0.3, -0.25) is 5.43 Å². The number of nitrogens with one attached hydrogen (secondary N) is 1. The van der Waals surface area contributed by atoms with Crippen LogP contribution in [0.3, 0.4) is 0 Å². The Morgan fingerprint density at radius 1 is 0.828 bits per heavy atom. The average Bonchev–Trinajstić information content (AvgIpc) is 2.77. The molecule has 0 radical (unpaired) electrons. The van der Waals surface area contributed by atoms with E-state index in [-0.39, 0.29) is 0 Å². The van der Waals surface area contributed by atoms with E-state index in [0.29, 0.717) is 17.3 Å². The van der Waals surface area contributed by atoms with Gasteiger partial charge in [-0.25, -0.2) is 0 Å².